The number of hydrogen-bond acceptors (Lipinski definition) is 7. The molecule has 8 heteroatoms. The first kappa shape index (κ1) is 18.5. The van der Waals surface area contributed by atoms with Crippen LogP contribution in [0.25, 0.3) is 11.5 Å². The van der Waals surface area contributed by atoms with Crippen molar-refractivity contribution in [1.82, 2.24) is 15.5 Å². The van der Waals surface area contributed by atoms with E-state index in [2.05, 4.69) is 15.5 Å². The van der Waals surface area contributed by atoms with Crippen molar-refractivity contribution in [3.05, 3.63) is 47.7 Å². The lowest BCUT2D eigenvalue weighted by Crippen LogP contribution is -2.23. The maximum atomic E-state index is 12.1. The van der Waals surface area contributed by atoms with Crippen molar-refractivity contribution in [3.63, 3.8) is 0 Å². The van der Waals surface area contributed by atoms with Crippen molar-refractivity contribution in [3.8, 4) is 23.0 Å². The van der Waals surface area contributed by atoms with Crippen LogP contribution in [0.1, 0.15) is 23.6 Å². The molecule has 8 nitrogen and oxygen atoms in total. The predicted molar refractivity (Wildman–Crippen MR) is 96.5 cm³/mol. The maximum Gasteiger partial charge on any atom is 0.251 e. The van der Waals surface area contributed by atoms with E-state index in [1.54, 1.807) is 32.6 Å². The molecule has 0 saturated carbocycles. The first-order valence-electron chi connectivity index (χ1n) is 8.45. The Labute approximate surface area is 156 Å². The van der Waals surface area contributed by atoms with Gasteiger partial charge < -0.3 is 23.6 Å². The summed E-state index contributed by atoms with van der Waals surface area (Å²) in [6, 6.07) is 7.27. The highest BCUT2D eigenvalue weighted by Crippen LogP contribution is 2.27. The van der Waals surface area contributed by atoms with Gasteiger partial charge in [0.1, 0.15) is 5.76 Å². The van der Waals surface area contributed by atoms with Crippen LogP contribution >= 0.6 is 0 Å². The highest BCUT2D eigenvalue weighted by Gasteiger charge is 2.14. The molecule has 3 aromatic rings. The number of carbonyl (C=O) groups excluding carboxylic acids is 1. The molecule has 0 radical (unpaired) electrons. The summed E-state index contributed by atoms with van der Waals surface area (Å²) in [6.07, 6.45) is 2.18. The lowest BCUT2D eigenvalue weighted by Gasteiger charge is -2.10. The second kappa shape index (κ2) is 8.39. The number of rotatable bonds is 8. The molecule has 0 unspecified atom stereocenters. The van der Waals surface area contributed by atoms with Crippen molar-refractivity contribution in [2.24, 2.45) is 0 Å². The van der Waals surface area contributed by atoms with Gasteiger partial charge in [0.05, 0.1) is 26.0 Å². The van der Waals surface area contributed by atoms with Gasteiger partial charge in [-0.3, -0.25) is 4.79 Å². The summed E-state index contributed by atoms with van der Waals surface area (Å²) in [5, 5.41) is 10.8. The molecule has 0 fully saturated rings. The third-order valence-corrected chi connectivity index (χ3v) is 4.06. The molecule has 142 valence electrons. The normalized spacial score (nSPS) is 10.6. The Bertz CT molecular complexity index is 916. The first-order valence-corrected chi connectivity index (χ1v) is 8.45. The average molecular weight is 371 g/mol. The molecule has 0 aliphatic rings. The number of aryl methyl sites for hydroxylation is 2. The highest BCUT2D eigenvalue weighted by atomic mass is 16.5. The summed E-state index contributed by atoms with van der Waals surface area (Å²) in [7, 11) is 3.15. The van der Waals surface area contributed by atoms with Crippen LogP contribution in [-0.4, -0.2) is 30.3 Å². The van der Waals surface area contributed by atoms with Gasteiger partial charge in [-0.25, -0.2) is 0 Å². The van der Waals surface area contributed by atoms with Crippen LogP contribution in [0.15, 0.2) is 39.4 Å². The zero-order valence-corrected chi connectivity index (χ0v) is 15.4. The fraction of sp³-hybridized carbons (Fsp3) is 0.316. The lowest BCUT2D eigenvalue weighted by atomic mass is 10.2. The zero-order valence-electron chi connectivity index (χ0n) is 15.4. The minimum Gasteiger partial charge on any atom is -0.493 e. The number of hydrogen-bond donors (Lipinski definition) is 1. The molecule has 0 aliphatic carbocycles. The summed E-state index contributed by atoms with van der Waals surface area (Å²) >= 11 is 0. The fourth-order valence-corrected chi connectivity index (χ4v) is 2.57. The SMILES string of the molecule is COc1ccc(CNC(=O)CCc2nnc(-c3ccoc3C)o2)cc1OC. The summed E-state index contributed by atoms with van der Waals surface area (Å²) in [6.45, 7) is 2.21. The van der Waals surface area contributed by atoms with E-state index in [9.17, 15) is 4.79 Å². The summed E-state index contributed by atoms with van der Waals surface area (Å²) in [5.74, 6) is 2.67. The van der Waals surface area contributed by atoms with Crippen molar-refractivity contribution in [1.29, 1.82) is 0 Å². The van der Waals surface area contributed by atoms with Crippen LogP contribution in [0.4, 0.5) is 0 Å². The van der Waals surface area contributed by atoms with E-state index in [1.165, 1.54) is 0 Å². The molecule has 0 atom stereocenters. The van der Waals surface area contributed by atoms with E-state index in [4.69, 9.17) is 18.3 Å². The molecule has 0 bridgehead atoms. The van der Waals surface area contributed by atoms with E-state index >= 15 is 0 Å². The second-order valence-electron chi connectivity index (χ2n) is 5.86. The van der Waals surface area contributed by atoms with Crippen LogP contribution in [0.5, 0.6) is 11.5 Å². The van der Waals surface area contributed by atoms with Crippen molar-refractivity contribution in [2.45, 2.75) is 26.3 Å². The molecule has 3 rings (SSSR count). The first-order chi connectivity index (χ1) is 13.1. The van der Waals surface area contributed by atoms with Crippen LogP contribution in [0.3, 0.4) is 0 Å². The average Bonchev–Trinajstić information content (AvgIpc) is 3.32. The monoisotopic (exact) mass is 371 g/mol. The minimum absolute atomic E-state index is 0.107. The Balaban J connectivity index is 1.50. The Morgan fingerprint density at radius 2 is 1.96 bits per heavy atom. The molecule has 0 saturated heterocycles. The van der Waals surface area contributed by atoms with E-state index in [0.29, 0.717) is 42.0 Å². The van der Waals surface area contributed by atoms with Gasteiger partial charge in [-0.1, -0.05) is 6.07 Å². The standard InChI is InChI=1S/C19H21N3O5/c1-12-14(8-9-26-12)19-22-21-18(27-19)7-6-17(23)20-11-13-4-5-15(24-2)16(10-13)25-3/h4-5,8-10H,6-7,11H2,1-3H3,(H,20,23). The minimum atomic E-state index is -0.107. The van der Waals surface area contributed by atoms with Crippen LogP contribution in [-0.2, 0) is 17.8 Å². The Morgan fingerprint density at radius 1 is 1.15 bits per heavy atom. The van der Waals surface area contributed by atoms with Gasteiger partial charge in [0, 0.05) is 19.4 Å². The van der Waals surface area contributed by atoms with Gasteiger partial charge in [0.15, 0.2) is 11.5 Å². The van der Waals surface area contributed by atoms with Crippen molar-refractivity contribution >= 4 is 5.91 Å². The summed E-state index contributed by atoms with van der Waals surface area (Å²) < 4.78 is 21.3. The molecule has 1 amide bonds. The molecule has 2 aromatic heterocycles. The number of nitrogens with one attached hydrogen (secondary N) is 1. The summed E-state index contributed by atoms with van der Waals surface area (Å²) in [5.41, 5.74) is 1.67. The van der Waals surface area contributed by atoms with E-state index in [0.717, 1.165) is 11.1 Å². The molecular weight excluding hydrogens is 350 g/mol. The van der Waals surface area contributed by atoms with Crippen LogP contribution in [0, 0.1) is 6.92 Å². The number of carbonyl (C=O) groups is 1. The molecule has 1 N–H and O–H groups in total. The molecule has 1 aromatic carbocycles. The van der Waals surface area contributed by atoms with Gasteiger partial charge in [-0.15, -0.1) is 10.2 Å². The largest absolute Gasteiger partial charge is 0.493 e. The van der Waals surface area contributed by atoms with Crippen molar-refractivity contribution in [2.75, 3.05) is 14.2 Å². The maximum absolute atomic E-state index is 12.1. The molecular formula is C19H21N3O5. The van der Waals surface area contributed by atoms with Crippen LogP contribution < -0.4 is 14.8 Å². The van der Waals surface area contributed by atoms with Crippen molar-refractivity contribution < 1.29 is 23.1 Å². The number of ether oxygens (including phenoxy) is 2. The molecule has 2 heterocycles. The Hall–Kier alpha value is -3.29. The topological polar surface area (TPSA) is 99.6 Å². The van der Waals surface area contributed by atoms with Gasteiger partial charge >= 0.3 is 0 Å². The van der Waals surface area contributed by atoms with Gasteiger partial charge in [0.25, 0.3) is 5.89 Å². The molecule has 27 heavy (non-hydrogen) atoms. The number of benzene rings is 1. The van der Waals surface area contributed by atoms with Crippen LogP contribution in [0.2, 0.25) is 0 Å². The van der Waals surface area contributed by atoms with E-state index in [1.807, 2.05) is 19.1 Å². The quantitative estimate of drug-likeness (QED) is 0.650. The van der Waals surface area contributed by atoms with Gasteiger partial charge in [0.2, 0.25) is 11.8 Å². The Morgan fingerprint density at radius 3 is 2.67 bits per heavy atom. The zero-order chi connectivity index (χ0) is 19.2. The number of methoxy groups -OCH3 is 2. The number of furan rings is 1. The number of amides is 1. The van der Waals surface area contributed by atoms with E-state index < -0.39 is 0 Å². The predicted octanol–water partition coefficient (Wildman–Crippen LogP) is 2.90. The molecule has 0 aliphatic heterocycles. The fourth-order valence-electron chi connectivity index (χ4n) is 2.57. The number of nitrogens with zero attached hydrogens (tertiary/aromatic N) is 2. The number of aromatic nitrogens is 2. The van der Waals surface area contributed by atoms with Gasteiger partial charge in [-0.05, 0) is 30.7 Å². The highest BCUT2D eigenvalue weighted by molar-refractivity contribution is 5.76. The second-order valence-corrected chi connectivity index (χ2v) is 5.86. The lowest BCUT2D eigenvalue weighted by molar-refractivity contribution is -0.121. The Kier molecular flexibility index (Phi) is 5.75. The third-order valence-electron chi connectivity index (χ3n) is 4.06. The summed E-state index contributed by atoms with van der Waals surface area (Å²) in [4.78, 5) is 12.1. The molecule has 0 spiro atoms. The van der Waals surface area contributed by atoms with Gasteiger partial charge in [-0.2, -0.15) is 0 Å². The smallest absolute Gasteiger partial charge is 0.251 e. The van der Waals surface area contributed by atoms with E-state index in [-0.39, 0.29) is 12.3 Å². The third kappa shape index (κ3) is 4.46.